The average molecular weight is 370 g/mol. The molecule has 1 fully saturated rings. The largest absolute Gasteiger partial charge is 0.444 e. The zero-order valence-electron chi connectivity index (χ0n) is 16.4. The molecule has 0 radical (unpaired) electrons. The van der Waals surface area contributed by atoms with Crippen molar-refractivity contribution in [2.45, 2.75) is 32.7 Å². The summed E-state index contributed by atoms with van der Waals surface area (Å²) in [5, 5.41) is 3.37. The van der Waals surface area contributed by atoms with Gasteiger partial charge in [-0.3, -0.25) is 0 Å². The maximum Gasteiger partial charge on any atom is 0.226 e. The van der Waals surface area contributed by atoms with Gasteiger partial charge in [0.2, 0.25) is 5.89 Å². The number of rotatable bonds is 7. The van der Waals surface area contributed by atoms with Crippen LogP contribution in [0, 0.1) is 5.92 Å². The number of nitrogens with zero attached hydrogens (tertiary/aromatic N) is 3. The van der Waals surface area contributed by atoms with Crippen molar-refractivity contribution < 1.29 is 9.15 Å². The molecule has 0 saturated carbocycles. The van der Waals surface area contributed by atoms with Crippen LogP contribution in [-0.2, 0) is 11.3 Å². The summed E-state index contributed by atoms with van der Waals surface area (Å²) >= 11 is 0. The molecule has 27 heavy (non-hydrogen) atoms. The minimum Gasteiger partial charge on any atom is -0.444 e. The highest BCUT2D eigenvalue weighted by Crippen LogP contribution is 2.19. The number of benzene rings is 1. The van der Waals surface area contributed by atoms with Gasteiger partial charge in [0.25, 0.3) is 0 Å². The average Bonchev–Trinajstić information content (AvgIpc) is 3.20. The van der Waals surface area contributed by atoms with Crippen molar-refractivity contribution in [2.24, 2.45) is 10.9 Å². The summed E-state index contributed by atoms with van der Waals surface area (Å²) in [4.78, 5) is 11.5. The third-order valence-electron chi connectivity index (χ3n) is 4.87. The second kappa shape index (κ2) is 10.1. The van der Waals surface area contributed by atoms with E-state index in [4.69, 9.17) is 14.1 Å². The van der Waals surface area contributed by atoms with E-state index < -0.39 is 0 Å². The van der Waals surface area contributed by atoms with Gasteiger partial charge in [0, 0.05) is 38.9 Å². The van der Waals surface area contributed by atoms with Gasteiger partial charge in [-0.15, -0.1) is 0 Å². The summed E-state index contributed by atoms with van der Waals surface area (Å²) < 4.78 is 11.1. The third-order valence-corrected chi connectivity index (χ3v) is 4.87. The Balaban J connectivity index is 1.57. The fraction of sp³-hybridized carbons (Fsp3) is 0.524. The van der Waals surface area contributed by atoms with Crippen LogP contribution in [0.2, 0.25) is 0 Å². The van der Waals surface area contributed by atoms with E-state index in [0.717, 1.165) is 49.4 Å². The van der Waals surface area contributed by atoms with Gasteiger partial charge in [0.15, 0.2) is 5.96 Å². The fourth-order valence-electron chi connectivity index (χ4n) is 3.24. The van der Waals surface area contributed by atoms with E-state index in [1.165, 1.54) is 19.3 Å². The maximum atomic E-state index is 5.60. The van der Waals surface area contributed by atoms with Gasteiger partial charge in [0.05, 0.1) is 6.54 Å². The van der Waals surface area contributed by atoms with E-state index in [9.17, 15) is 0 Å². The lowest BCUT2D eigenvalue weighted by Crippen LogP contribution is -2.40. The standard InChI is InChI=1S/C21H30N4O2/c1-3-22-21(25(2)12-9-17-10-13-26-14-11-17)23-15-19-16-27-20(24-19)18-7-5-4-6-8-18/h4-8,16-17H,3,9-15H2,1-2H3,(H,22,23). The molecule has 1 aliphatic rings. The summed E-state index contributed by atoms with van der Waals surface area (Å²) in [7, 11) is 2.10. The zero-order valence-corrected chi connectivity index (χ0v) is 16.4. The molecule has 1 aliphatic heterocycles. The Hall–Kier alpha value is -2.34. The Morgan fingerprint density at radius 3 is 2.78 bits per heavy atom. The van der Waals surface area contributed by atoms with Gasteiger partial charge in [-0.25, -0.2) is 9.98 Å². The van der Waals surface area contributed by atoms with E-state index >= 15 is 0 Å². The predicted octanol–water partition coefficient (Wildman–Crippen LogP) is 3.56. The molecule has 0 amide bonds. The number of oxazole rings is 1. The van der Waals surface area contributed by atoms with Crippen LogP contribution in [0.1, 0.15) is 31.9 Å². The molecule has 1 aromatic heterocycles. The normalized spacial score (nSPS) is 15.7. The van der Waals surface area contributed by atoms with Crippen molar-refractivity contribution in [1.29, 1.82) is 0 Å². The van der Waals surface area contributed by atoms with Crippen LogP contribution in [0.25, 0.3) is 11.5 Å². The van der Waals surface area contributed by atoms with Crippen molar-refractivity contribution in [3.63, 3.8) is 0 Å². The van der Waals surface area contributed by atoms with Gasteiger partial charge < -0.3 is 19.4 Å². The van der Waals surface area contributed by atoms with E-state index in [-0.39, 0.29) is 0 Å². The van der Waals surface area contributed by atoms with E-state index in [1.54, 1.807) is 6.26 Å². The van der Waals surface area contributed by atoms with Crippen molar-refractivity contribution in [2.75, 3.05) is 33.4 Å². The quantitative estimate of drug-likeness (QED) is 0.596. The minimum absolute atomic E-state index is 0.500. The van der Waals surface area contributed by atoms with Gasteiger partial charge in [-0.2, -0.15) is 0 Å². The second-order valence-electron chi connectivity index (χ2n) is 6.95. The lowest BCUT2D eigenvalue weighted by molar-refractivity contribution is 0.0625. The summed E-state index contributed by atoms with van der Waals surface area (Å²) in [5.41, 5.74) is 1.82. The number of hydrogen-bond donors (Lipinski definition) is 1. The molecular weight excluding hydrogens is 340 g/mol. The molecule has 0 spiro atoms. The summed E-state index contributed by atoms with van der Waals surface area (Å²) in [6.45, 7) is 6.22. The van der Waals surface area contributed by atoms with Crippen molar-refractivity contribution in [3.8, 4) is 11.5 Å². The fourth-order valence-corrected chi connectivity index (χ4v) is 3.24. The number of nitrogens with one attached hydrogen (secondary N) is 1. The molecule has 1 aromatic carbocycles. The topological polar surface area (TPSA) is 62.9 Å². The summed E-state index contributed by atoms with van der Waals surface area (Å²) in [6.07, 6.45) is 5.20. The molecular formula is C21H30N4O2. The Morgan fingerprint density at radius 1 is 1.26 bits per heavy atom. The molecule has 146 valence electrons. The Morgan fingerprint density at radius 2 is 2.04 bits per heavy atom. The molecule has 0 bridgehead atoms. The number of hydrogen-bond acceptors (Lipinski definition) is 4. The molecule has 1 N–H and O–H groups in total. The molecule has 0 atom stereocenters. The number of ether oxygens (including phenoxy) is 1. The van der Waals surface area contributed by atoms with Gasteiger partial charge in [0.1, 0.15) is 12.0 Å². The first-order chi connectivity index (χ1) is 13.3. The van der Waals surface area contributed by atoms with Crippen molar-refractivity contribution >= 4 is 5.96 Å². The Bertz CT molecular complexity index is 708. The van der Waals surface area contributed by atoms with Crippen LogP contribution < -0.4 is 5.32 Å². The van der Waals surface area contributed by atoms with Gasteiger partial charge in [-0.05, 0) is 44.2 Å². The van der Waals surface area contributed by atoms with E-state index in [2.05, 4.69) is 29.2 Å². The van der Waals surface area contributed by atoms with Gasteiger partial charge >= 0.3 is 0 Å². The van der Waals surface area contributed by atoms with Crippen LogP contribution >= 0.6 is 0 Å². The highest BCUT2D eigenvalue weighted by Gasteiger charge is 2.15. The minimum atomic E-state index is 0.500. The zero-order chi connectivity index (χ0) is 18.9. The maximum absolute atomic E-state index is 5.60. The first-order valence-electron chi connectivity index (χ1n) is 9.83. The lowest BCUT2D eigenvalue weighted by Gasteiger charge is -2.26. The Labute approximate surface area is 161 Å². The summed E-state index contributed by atoms with van der Waals surface area (Å²) in [6, 6.07) is 9.93. The molecule has 3 rings (SSSR count). The van der Waals surface area contributed by atoms with Crippen LogP contribution in [0.3, 0.4) is 0 Å². The van der Waals surface area contributed by atoms with Crippen LogP contribution in [0.15, 0.2) is 46.0 Å². The first-order valence-corrected chi connectivity index (χ1v) is 9.83. The monoisotopic (exact) mass is 370 g/mol. The molecule has 6 heteroatoms. The van der Waals surface area contributed by atoms with Gasteiger partial charge in [-0.1, -0.05) is 18.2 Å². The third kappa shape index (κ3) is 5.82. The molecule has 2 aromatic rings. The molecule has 1 saturated heterocycles. The molecule has 2 heterocycles. The van der Waals surface area contributed by atoms with E-state index in [1.807, 2.05) is 30.3 Å². The second-order valence-corrected chi connectivity index (χ2v) is 6.95. The summed E-state index contributed by atoms with van der Waals surface area (Å²) in [5.74, 6) is 2.31. The van der Waals surface area contributed by atoms with Crippen LogP contribution in [0.5, 0.6) is 0 Å². The van der Waals surface area contributed by atoms with Crippen molar-refractivity contribution in [3.05, 3.63) is 42.3 Å². The molecule has 6 nitrogen and oxygen atoms in total. The first kappa shape index (κ1) is 19.4. The van der Waals surface area contributed by atoms with E-state index in [0.29, 0.717) is 12.4 Å². The smallest absolute Gasteiger partial charge is 0.226 e. The highest BCUT2D eigenvalue weighted by molar-refractivity contribution is 5.79. The van der Waals surface area contributed by atoms with Crippen LogP contribution in [-0.4, -0.2) is 49.2 Å². The number of aliphatic imine (C=N–C) groups is 1. The Kier molecular flexibility index (Phi) is 7.27. The number of aromatic nitrogens is 1. The number of guanidine groups is 1. The molecule has 0 unspecified atom stereocenters. The predicted molar refractivity (Wildman–Crippen MR) is 108 cm³/mol. The highest BCUT2D eigenvalue weighted by atomic mass is 16.5. The molecule has 0 aliphatic carbocycles. The van der Waals surface area contributed by atoms with Crippen molar-refractivity contribution in [1.82, 2.24) is 15.2 Å². The lowest BCUT2D eigenvalue weighted by atomic mass is 9.96. The van der Waals surface area contributed by atoms with Crippen LogP contribution in [0.4, 0.5) is 0 Å². The SMILES string of the molecule is CCNC(=NCc1coc(-c2ccccc2)n1)N(C)CCC1CCOCC1.